The van der Waals surface area contributed by atoms with Gasteiger partial charge in [-0.1, -0.05) is 12.1 Å². The fourth-order valence-electron chi connectivity index (χ4n) is 5.05. The molecule has 0 bridgehead atoms. The van der Waals surface area contributed by atoms with Crippen molar-refractivity contribution in [2.24, 2.45) is 0 Å². The highest BCUT2D eigenvalue weighted by atomic mass is 16.5. The summed E-state index contributed by atoms with van der Waals surface area (Å²) in [6.07, 6.45) is 2.19. The minimum Gasteiger partial charge on any atom is -0.496 e. The summed E-state index contributed by atoms with van der Waals surface area (Å²) < 4.78 is 5.66. The second kappa shape index (κ2) is 10.8. The van der Waals surface area contributed by atoms with Crippen LogP contribution in [0, 0.1) is 11.3 Å². The molecule has 7 heteroatoms. The normalized spacial score (nSPS) is 17.5. The molecule has 7 nitrogen and oxygen atoms in total. The molecule has 0 radical (unpaired) electrons. The number of amides is 2. The van der Waals surface area contributed by atoms with Gasteiger partial charge in [0.25, 0.3) is 0 Å². The molecule has 2 aliphatic heterocycles. The van der Waals surface area contributed by atoms with E-state index in [1.807, 2.05) is 41.3 Å². The fraction of sp³-hybridized carbons (Fsp3) is 0.481. The molecule has 2 aromatic carbocycles. The lowest BCUT2D eigenvalue weighted by atomic mass is 9.88. The minimum atomic E-state index is -0.0843. The van der Waals surface area contributed by atoms with Crippen LogP contribution in [0.5, 0.6) is 5.75 Å². The molecule has 34 heavy (non-hydrogen) atoms. The van der Waals surface area contributed by atoms with Gasteiger partial charge in [0.05, 0.1) is 18.4 Å². The maximum Gasteiger partial charge on any atom is 0.321 e. The van der Waals surface area contributed by atoms with E-state index < -0.39 is 0 Å². The van der Waals surface area contributed by atoms with Gasteiger partial charge in [-0.3, -0.25) is 0 Å². The number of nitrogens with zero attached hydrogens (tertiary/aromatic N) is 4. The van der Waals surface area contributed by atoms with Gasteiger partial charge >= 0.3 is 6.03 Å². The average Bonchev–Trinajstić information content (AvgIpc) is 2.88. The van der Waals surface area contributed by atoms with Crippen molar-refractivity contribution in [1.82, 2.24) is 9.80 Å². The topological polar surface area (TPSA) is 71.8 Å². The van der Waals surface area contributed by atoms with Crippen molar-refractivity contribution >= 4 is 17.4 Å². The van der Waals surface area contributed by atoms with Crippen LogP contribution in [0.2, 0.25) is 0 Å². The molecule has 1 N–H and O–H groups in total. The van der Waals surface area contributed by atoms with Crippen molar-refractivity contribution in [1.29, 1.82) is 5.26 Å². The number of methoxy groups -OCH3 is 1. The number of piperazine rings is 1. The Bertz CT molecular complexity index is 1030. The van der Waals surface area contributed by atoms with Crippen LogP contribution in [0.3, 0.4) is 0 Å². The molecule has 2 fully saturated rings. The van der Waals surface area contributed by atoms with E-state index in [1.54, 1.807) is 7.11 Å². The first-order valence-electron chi connectivity index (χ1n) is 12.2. The van der Waals surface area contributed by atoms with E-state index in [2.05, 4.69) is 41.1 Å². The van der Waals surface area contributed by atoms with Crippen LogP contribution >= 0.6 is 0 Å². The number of carbonyl (C=O) groups excluding carboxylic acids is 1. The van der Waals surface area contributed by atoms with Crippen molar-refractivity contribution in [2.75, 3.05) is 56.6 Å². The molecule has 0 spiro atoms. The number of hydrogen-bond acceptors (Lipinski definition) is 5. The van der Waals surface area contributed by atoms with Crippen LogP contribution < -0.4 is 15.0 Å². The summed E-state index contributed by atoms with van der Waals surface area (Å²) in [5.74, 6) is 1.33. The second-order valence-corrected chi connectivity index (χ2v) is 9.39. The zero-order chi connectivity index (χ0) is 24.1. The molecule has 4 rings (SSSR count). The summed E-state index contributed by atoms with van der Waals surface area (Å²) in [6, 6.07) is 16.4. The van der Waals surface area contributed by atoms with E-state index in [1.165, 1.54) is 5.56 Å². The highest BCUT2D eigenvalue weighted by Crippen LogP contribution is 2.36. The average molecular weight is 462 g/mol. The Hall–Kier alpha value is -3.24. The molecule has 2 aromatic rings. The van der Waals surface area contributed by atoms with Gasteiger partial charge in [-0.2, -0.15) is 5.26 Å². The molecule has 0 saturated carbocycles. The number of rotatable bonds is 5. The Labute approximate surface area is 202 Å². The molecular formula is C27H35N5O2. The van der Waals surface area contributed by atoms with Crippen LogP contribution in [0.25, 0.3) is 0 Å². The zero-order valence-corrected chi connectivity index (χ0v) is 20.5. The zero-order valence-electron chi connectivity index (χ0n) is 20.5. The quantitative estimate of drug-likeness (QED) is 0.709. The molecular weight excluding hydrogens is 426 g/mol. The van der Waals surface area contributed by atoms with Crippen molar-refractivity contribution in [2.45, 2.75) is 38.6 Å². The molecule has 2 saturated heterocycles. The van der Waals surface area contributed by atoms with Gasteiger partial charge < -0.3 is 24.8 Å². The third kappa shape index (κ3) is 5.28. The van der Waals surface area contributed by atoms with E-state index in [0.717, 1.165) is 43.1 Å². The molecule has 0 aliphatic carbocycles. The number of nitrogens with one attached hydrogen (secondary N) is 1. The standard InChI is InChI=1S/C27H35N5O2/c1-20(2)30-12-10-21(11-13-30)24-18-23(8-9-26(24)34-3)29-27(33)32-16-14-31(15-17-32)25-7-5-4-6-22(25)19-28/h4-9,18,20-21H,10-17H2,1-3H3,(H,29,33). The molecule has 2 heterocycles. The monoisotopic (exact) mass is 461 g/mol. The van der Waals surface area contributed by atoms with E-state index in [-0.39, 0.29) is 6.03 Å². The lowest BCUT2D eigenvalue weighted by Gasteiger charge is -2.36. The van der Waals surface area contributed by atoms with Gasteiger partial charge in [0.1, 0.15) is 11.8 Å². The summed E-state index contributed by atoms with van der Waals surface area (Å²) in [6.45, 7) is 9.30. The summed E-state index contributed by atoms with van der Waals surface area (Å²) in [5, 5.41) is 12.5. The Balaban J connectivity index is 1.38. The maximum atomic E-state index is 13.0. The SMILES string of the molecule is COc1ccc(NC(=O)N2CCN(c3ccccc3C#N)CC2)cc1C1CCN(C(C)C)CC1. The molecule has 2 aliphatic rings. The Morgan fingerprint density at radius 3 is 2.41 bits per heavy atom. The number of carbonyl (C=O) groups is 1. The second-order valence-electron chi connectivity index (χ2n) is 9.39. The van der Waals surface area contributed by atoms with Gasteiger partial charge in [0, 0.05) is 37.9 Å². The maximum absolute atomic E-state index is 13.0. The van der Waals surface area contributed by atoms with Crippen LogP contribution in [0.4, 0.5) is 16.2 Å². The first-order chi connectivity index (χ1) is 16.5. The Kier molecular flexibility index (Phi) is 7.59. The van der Waals surface area contributed by atoms with Crippen LogP contribution in [-0.2, 0) is 0 Å². The van der Waals surface area contributed by atoms with Gasteiger partial charge in [-0.25, -0.2) is 4.79 Å². The predicted octanol–water partition coefficient (Wildman–Crippen LogP) is 4.51. The number of urea groups is 1. The van der Waals surface area contributed by atoms with Crippen LogP contribution in [0.15, 0.2) is 42.5 Å². The lowest BCUT2D eigenvalue weighted by Crippen LogP contribution is -2.50. The van der Waals surface area contributed by atoms with Crippen molar-refractivity contribution < 1.29 is 9.53 Å². The molecule has 2 amide bonds. The highest BCUT2D eigenvalue weighted by molar-refractivity contribution is 5.89. The number of piperidine rings is 1. The largest absolute Gasteiger partial charge is 0.496 e. The third-order valence-electron chi connectivity index (χ3n) is 7.11. The van der Waals surface area contributed by atoms with Crippen LogP contribution in [0.1, 0.15) is 43.7 Å². The number of benzene rings is 2. The van der Waals surface area contributed by atoms with E-state index in [0.29, 0.717) is 43.7 Å². The Morgan fingerprint density at radius 2 is 1.76 bits per heavy atom. The number of para-hydroxylation sites is 1. The third-order valence-corrected chi connectivity index (χ3v) is 7.11. The number of anilines is 2. The summed E-state index contributed by atoms with van der Waals surface area (Å²) in [5.41, 5.74) is 3.60. The van der Waals surface area contributed by atoms with Gasteiger partial charge in [0.2, 0.25) is 0 Å². The first-order valence-corrected chi connectivity index (χ1v) is 12.2. The van der Waals surface area contributed by atoms with Crippen molar-refractivity contribution in [3.63, 3.8) is 0 Å². The number of nitriles is 1. The lowest BCUT2D eigenvalue weighted by molar-refractivity contribution is 0.171. The Morgan fingerprint density at radius 1 is 1.06 bits per heavy atom. The summed E-state index contributed by atoms with van der Waals surface area (Å²) in [4.78, 5) is 19.5. The van der Waals surface area contributed by atoms with Crippen molar-refractivity contribution in [3.05, 3.63) is 53.6 Å². The van der Waals surface area contributed by atoms with Gasteiger partial charge in [-0.05, 0) is 81.6 Å². The smallest absolute Gasteiger partial charge is 0.321 e. The van der Waals surface area contributed by atoms with E-state index in [9.17, 15) is 10.1 Å². The highest BCUT2D eigenvalue weighted by Gasteiger charge is 2.26. The molecule has 0 unspecified atom stereocenters. The molecule has 0 aromatic heterocycles. The summed E-state index contributed by atoms with van der Waals surface area (Å²) in [7, 11) is 1.71. The van der Waals surface area contributed by atoms with E-state index in [4.69, 9.17) is 4.74 Å². The number of hydrogen-bond donors (Lipinski definition) is 1. The van der Waals surface area contributed by atoms with Crippen molar-refractivity contribution in [3.8, 4) is 11.8 Å². The van der Waals surface area contributed by atoms with E-state index >= 15 is 0 Å². The molecule has 180 valence electrons. The summed E-state index contributed by atoms with van der Waals surface area (Å²) >= 11 is 0. The van der Waals surface area contributed by atoms with Gasteiger partial charge in [-0.15, -0.1) is 0 Å². The molecule has 0 atom stereocenters. The van der Waals surface area contributed by atoms with Gasteiger partial charge in [0.15, 0.2) is 0 Å². The number of likely N-dealkylation sites (tertiary alicyclic amines) is 1. The van der Waals surface area contributed by atoms with Crippen LogP contribution in [-0.4, -0.2) is 68.3 Å². The first kappa shape index (κ1) is 23.9. The fourth-order valence-corrected chi connectivity index (χ4v) is 5.05. The number of ether oxygens (including phenoxy) is 1. The predicted molar refractivity (Wildman–Crippen MR) is 136 cm³/mol. The minimum absolute atomic E-state index is 0.0843.